The first kappa shape index (κ1) is 32.9. The molecule has 4 heteroatoms. The summed E-state index contributed by atoms with van der Waals surface area (Å²) in [6, 6.07) is 32.6. The molecule has 0 amide bonds. The number of aryl methyl sites for hydroxylation is 2. The van der Waals surface area contributed by atoms with Gasteiger partial charge in [0.1, 0.15) is 0 Å². The Hall–Kier alpha value is -1.96. The van der Waals surface area contributed by atoms with Crippen LogP contribution < -0.4 is 24.8 Å². The number of halogens is 2. The third-order valence-corrected chi connectivity index (χ3v) is 28.5. The quantitative estimate of drug-likeness (QED) is 0.253. The van der Waals surface area contributed by atoms with E-state index in [4.69, 9.17) is 0 Å². The van der Waals surface area contributed by atoms with Crippen molar-refractivity contribution < 1.29 is 45.2 Å². The van der Waals surface area contributed by atoms with Crippen molar-refractivity contribution in [3.8, 4) is 22.3 Å². The van der Waals surface area contributed by atoms with Gasteiger partial charge in [0.05, 0.1) is 0 Å². The minimum Gasteiger partial charge on any atom is -1.00 e. The van der Waals surface area contributed by atoms with Crippen molar-refractivity contribution in [1.82, 2.24) is 0 Å². The van der Waals surface area contributed by atoms with Crippen LogP contribution in [0.4, 0.5) is 0 Å². The van der Waals surface area contributed by atoms with E-state index < -0.39 is 25.8 Å². The van der Waals surface area contributed by atoms with Gasteiger partial charge in [-0.25, -0.2) is 0 Å². The van der Waals surface area contributed by atoms with Crippen LogP contribution in [0, 0.1) is 13.8 Å². The van der Waals surface area contributed by atoms with E-state index >= 15 is 0 Å². The van der Waals surface area contributed by atoms with Crippen LogP contribution in [0.3, 0.4) is 0 Å². The van der Waals surface area contributed by atoms with E-state index in [1.54, 1.807) is 22.3 Å². The minimum absolute atomic E-state index is 0. The molecule has 0 spiro atoms. The fraction of sp³-hybridized carbons (Fsp3) is 0.263. The molecule has 0 bridgehead atoms. The molecule has 0 fully saturated rings. The molecule has 0 heterocycles. The Labute approximate surface area is 273 Å². The Morgan fingerprint density at radius 3 is 1.29 bits per heavy atom. The fourth-order valence-electron chi connectivity index (χ4n) is 6.99. The molecule has 0 radical (unpaired) electrons. The van der Waals surface area contributed by atoms with E-state index in [0.29, 0.717) is 7.25 Å². The van der Waals surface area contributed by atoms with Gasteiger partial charge >= 0.3 is 251 Å². The summed E-state index contributed by atoms with van der Waals surface area (Å²) in [5, 5.41) is 0. The Morgan fingerprint density at radius 2 is 0.952 bits per heavy atom. The van der Waals surface area contributed by atoms with E-state index in [1.165, 1.54) is 44.5 Å². The number of hydrogen-bond donors (Lipinski definition) is 0. The summed E-state index contributed by atoms with van der Waals surface area (Å²) in [4.78, 5) is 0. The molecule has 2 aliphatic carbocycles. The topological polar surface area (TPSA) is 0 Å². The molecule has 0 saturated heterocycles. The molecule has 0 aromatic heterocycles. The van der Waals surface area contributed by atoms with E-state index in [9.17, 15) is 0 Å². The van der Waals surface area contributed by atoms with Gasteiger partial charge in [-0.15, -0.1) is 0 Å². The molecule has 0 nitrogen and oxygen atoms in total. The maximum atomic E-state index is 2.64. The largest absolute Gasteiger partial charge is 1.00 e. The van der Waals surface area contributed by atoms with Gasteiger partial charge in [0, 0.05) is 0 Å². The van der Waals surface area contributed by atoms with Crippen molar-refractivity contribution in [1.29, 1.82) is 0 Å². The van der Waals surface area contributed by atoms with E-state index in [2.05, 4.69) is 138 Å². The molecule has 2 unspecified atom stereocenters. The number of fused-ring (bicyclic) bond motifs is 2. The second-order valence-electron chi connectivity index (χ2n) is 11.8. The molecular weight excluding hydrogens is 647 g/mol. The van der Waals surface area contributed by atoms with E-state index in [-0.39, 0.29) is 24.8 Å². The average molecular weight is 687 g/mol. The first-order valence-corrected chi connectivity index (χ1v) is 23.9. The van der Waals surface area contributed by atoms with Crippen LogP contribution in [0.2, 0.25) is 13.1 Å². The molecule has 4 aromatic rings. The van der Waals surface area contributed by atoms with Gasteiger partial charge in [-0.2, -0.15) is 0 Å². The zero-order chi connectivity index (χ0) is 28.0. The van der Waals surface area contributed by atoms with E-state index in [1.807, 2.05) is 0 Å². The van der Waals surface area contributed by atoms with Gasteiger partial charge < -0.3 is 24.8 Å². The molecular formula is C38H40Cl2SiZr. The summed E-state index contributed by atoms with van der Waals surface area (Å²) in [7, 11) is 0. The fourth-order valence-corrected chi connectivity index (χ4v) is 27.8. The van der Waals surface area contributed by atoms with Gasteiger partial charge in [0.25, 0.3) is 0 Å². The number of hydrogen-bond acceptors (Lipinski definition) is 0. The Kier molecular flexibility index (Phi) is 10.8. The van der Waals surface area contributed by atoms with Crippen molar-refractivity contribution in [3.05, 3.63) is 129 Å². The third-order valence-electron chi connectivity index (χ3n) is 9.04. The maximum absolute atomic E-state index is 2.64. The van der Waals surface area contributed by atoms with Gasteiger partial charge in [-0.3, -0.25) is 0 Å². The van der Waals surface area contributed by atoms with Crippen molar-refractivity contribution in [2.45, 2.75) is 60.9 Å². The van der Waals surface area contributed by atoms with Crippen LogP contribution in [-0.4, -0.2) is 5.43 Å². The van der Waals surface area contributed by atoms with Crippen molar-refractivity contribution in [2.24, 2.45) is 0 Å². The van der Waals surface area contributed by atoms with Crippen LogP contribution in [0.25, 0.3) is 34.4 Å². The molecule has 0 saturated carbocycles. The Bertz CT molecular complexity index is 1570. The molecule has 214 valence electrons. The Morgan fingerprint density at radius 1 is 0.571 bits per heavy atom. The molecule has 2 atom stereocenters. The third kappa shape index (κ3) is 5.90. The van der Waals surface area contributed by atoms with Gasteiger partial charge in [-0.1, -0.05) is 0 Å². The molecule has 0 N–H and O–H groups in total. The smallest absolute Gasteiger partial charge is 1.00 e. The van der Waals surface area contributed by atoms with Crippen molar-refractivity contribution in [3.63, 3.8) is 0 Å². The predicted molar refractivity (Wildman–Crippen MR) is 173 cm³/mol. The summed E-state index contributed by atoms with van der Waals surface area (Å²) in [6.45, 7) is 14.4. The average Bonchev–Trinajstić information content (AvgIpc) is 3.53. The Balaban J connectivity index is 0.00000202. The maximum Gasteiger partial charge on any atom is -1.00 e. The summed E-state index contributed by atoms with van der Waals surface area (Å²) in [6.07, 6.45) is 7.52. The van der Waals surface area contributed by atoms with E-state index in [0.717, 1.165) is 12.8 Å². The summed E-state index contributed by atoms with van der Waals surface area (Å²) in [5.74, 6) is 0. The second kappa shape index (κ2) is 13.8. The van der Waals surface area contributed by atoms with Crippen LogP contribution in [-0.2, 0) is 20.4 Å². The molecule has 6 rings (SSSR count). The monoisotopic (exact) mass is 684 g/mol. The van der Waals surface area contributed by atoms with Crippen molar-refractivity contribution >= 4 is 17.6 Å². The molecule has 0 aliphatic heterocycles. The van der Waals surface area contributed by atoms with Crippen LogP contribution in [0.15, 0.2) is 96.1 Å². The SMILES string of the molecule is CCC1=Cc2c(-c3ccc(C)cc3)cccc2[CH]1[Zr+2]([CH]1C(CC)=Cc2c(-c3ccc(C)cc3)cccc21)=[Si](C)C.[Cl-].[Cl-]. The molecule has 42 heavy (non-hydrogen) atoms. The van der Waals surface area contributed by atoms with Crippen LogP contribution >= 0.6 is 0 Å². The number of allylic oxidation sites excluding steroid dienone is 2. The predicted octanol–water partition coefficient (Wildman–Crippen LogP) is 4.91. The summed E-state index contributed by atoms with van der Waals surface area (Å²) < 4.78 is 1.34. The van der Waals surface area contributed by atoms with Crippen LogP contribution in [0.5, 0.6) is 0 Å². The minimum atomic E-state index is -2.12. The van der Waals surface area contributed by atoms with Crippen molar-refractivity contribution in [2.75, 3.05) is 0 Å². The summed E-state index contributed by atoms with van der Waals surface area (Å²) in [5.41, 5.74) is 17.4. The zero-order valence-corrected chi connectivity index (χ0v) is 30.5. The van der Waals surface area contributed by atoms with Gasteiger partial charge in [0.15, 0.2) is 0 Å². The summed E-state index contributed by atoms with van der Waals surface area (Å²) >= 11 is -2.12. The molecule has 2 aliphatic rings. The van der Waals surface area contributed by atoms with Crippen LogP contribution in [0.1, 0.15) is 67.3 Å². The van der Waals surface area contributed by atoms with Gasteiger partial charge in [-0.05, 0) is 0 Å². The number of rotatable bonds is 6. The zero-order valence-electron chi connectivity index (χ0n) is 25.6. The normalized spacial score (nSPS) is 16.2. The first-order chi connectivity index (χ1) is 19.4. The number of benzene rings is 4. The first-order valence-electron chi connectivity index (χ1n) is 14.9. The van der Waals surface area contributed by atoms with Gasteiger partial charge in [0.2, 0.25) is 0 Å². The second-order valence-corrected chi connectivity index (χ2v) is 29.7. The molecule has 4 aromatic carbocycles. The standard InChI is InChI=1S/2C18H17.C2H6Si.2ClH.Zr/c2*1-3-14-11-16-5-4-6-17(18(16)12-14)15-9-7-13(2)8-10-15;1-3-2;;;/h2*4-12H,3H2,1-2H3;1-2H3;2*1H;/q;;;;;+2/p-2.